The topological polar surface area (TPSA) is 102 Å². The van der Waals surface area contributed by atoms with Gasteiger partial charge in [0.2, 0.25) is 11.1 Å². The highest BCUT2D eigenvalue weighted by Crippen LogP contribution is 2.37. The first-order valence-electron chi connectivity index (χ1n) is 7.00. The number of carbonyl (C=O) groups excluding carboxylic acids is 2. The third-order valence-electron chi connectivity index (χ3n) is 2.91. The molecule has 0 bridgehead atoms. The maximum absolute atomic E-state index is 12.0. The van der Waals surface area contributed by atoms with Gasteiger partial charge in [-0.05, 0) is 36.1 Å². The first-order valence-corrected chi connectivity index (χ1v) is 7.88. The van der Waals surface area contributed by atoms with Crippen molar-refractivity contribution < 1.29 is 9.59 Å². The molecule has 2 rings (SSSR count). The lowest BCUT2D eigenvalue weighted by Crippen LogP contribution is -2.43. The molecule has 21 heavy (non-hydrogen) atoms. The molecule has 116 valence electrons. The van der Waals surface area contributed by atoms with Gasteiger partial charge in [0.05, 0.1) is 11.3 Å². The van der Waals surface area contributed by atoms with Crippen LogP contribution in [0.4, 0.5) is 4.79 Å². The van der Waals surface area contributed by atoms with Gasteiger partial charge in [-0.2, -0.15) is 0 Å². The maximum atomic E-state index is 12.0. The Morgan fingerprint density at radius 1 is 1.38 bits per heavy atom. The van der Waals surface area contributed by atoms with Crippen molar-refractivity contribution in [3.63, 3.8) is 0 Å². The number of carbonyl (C=O) groups is 2. The zero-order valence-corrected chi connectivity index (χ0v) is 13.2. The van der Waals surface area contributed by atoms with Gasteiger partial charge in [0.25, 0.3) is 0 Å². The van der Waals surface area contributed by atoms with Crippen LogP contribution in [0, 0.1) is 5.92 Å². The van der Waals surface area contributed by atoms with Gasteiger partial charge in [-0.15, -0.1) is 5.10 Å². The van der Waals surface area contributed by atoms with E-state index in [1.165, 1.54) is 11.8 Å². The van der Waals surface area contributed by atoms with Crippen molar-refractivity contribution in [2.75, 3.05) is 6.54 Å². The minimum absolute atomic E-state index is 0.334. The van der Waals surface area contributed by atoms with Gasteiger partial charge in [-0.1, -0.05) is 25.6 Å². The molecular weight excluding hydrogens is 292 g/mol. The number of thioether (sulfide) groups is 1. The number of rotatable bonds is 6. The second-order valence-electron chi connectivity index (χ2n) is 5.49. The van der Waals surface area contributed by atoms with Crippen LogP contribution >= 0.6 is 11.8 Å². The predicted octanol–water partition coefficient (Wildman–Crippen LogP) is 0.970. The summed E-state index contributed by atoms with van der Waals surface area (Å²) in [6.45, 7) is 6.22. The molecule has 1 heterocycles. The molecule has 0 aliphatic heterocycles. The van der Waals surface area contributed by atoms with Crippen molar-refractivity contribution in [2.24, 2.45) is 5.92 Å². The SMILES string of the molecule is CC(C)CNC(=O)NC(=O)[C@@H](C)Sc1nnnn1C1CC1. The molecule has 1 saturated carbocycles. The Hall–Kier alpha value is -1.64. The van der Waals surface area contributed by atoms with Crippen molar-refractivity contribution >= 4 is 23.7 Å². The van der Waals surface area contributed by atoms with Crippen molar-refractivity contribution in [2.45, 2.75) is 50.1 Å². The Morgan fingerprint density at radius 3 is 2.71 bits per heavy atom. The molecule has 1 aliphatic rings. The van der Waals surface area contributed by atoms with E-state index in [9.17, 15) is 9.59 Å². The van der Waals surface area contributed by atoms with Gasteiger partial charge in [-0.3, -0.25) is 10.1 Å². The quantitative estimate of drug-likeness (QED) is 0.759. The molecule has 1 aromatic rings. The van der Waals surface area contributed by atoms with Gasteiger partial charge in [0, 0.05) is 6.54 Å². The Bertz CT molecular complexity index is 514. The molecule has 0 spiro atoms. The van der Waals surface area contributed by atoms with Crippen LogP contribution in [0.15, 0.2) is 5.16 Å². The van der Waals surface area contributed by atoms with Gasteiger partial charge < -0.3 is 5.32 Å². The van der Waals surface area contributed by atoms with Crippen LogP contribution in [-0.2, 0) is 4.79 Å². The van der Waals surface area contributed by atoms with Crippen LogP contribution in [0.5, 0.6) is 0 Å². The number of amides is 3. The van der Waals surface area contributed by atoms with Crippen molar-refractivity contribution in [1.29, 1.82) is 0 Å². The highest BCUT2D eigenvalue weighted by molar-refractivity contribution is 8.00. The number of hydrogen-bond donors (Lipinski definition) is 2. The summed E-state index contributed by atoms with van der Waals surface area (Å²) >= 11 is 1.25. The molecule has 0 unspecified atom stereocenters. The fourth-order valence-corrected chi connectivity index (χ4v) is 2.44. The molecule has 8 nitrogen and oxygen atoms in total. The average molecular weight is 312 g/mol. The fourth-order valence-electron chi connectivity index (χ4n) is 1.58. The summed E-state index contributed by atoms with van der Waals surface area (Å²) in [5.41, 5.74) is 0. The second kappa shape index (κ2) is 6.88. The Balaban J connectivity index is 1.82. The molecule has 1 fully saturated rings. The minimum Gasteiger partial charge on any atom is -0.338 e. The van der Waals surface area contributed by atoms with E-state index in [2.05, 4.69) is 26.2 Å². The van der Waals surface area contributed by atoms with Crippen LogP contribution in [0.2, 0.25) is 0 Å². The molecule has 0 radical (unpaired) electrons. The second-order valence-corrected chi connectivity index (χ2v) is 6.80. The van der Waals surface area contributed by atoms with E-state index in [0.717, 1.165) is 12.8 Å². The number of urea groups is 1. The third kappa shape index (κ3) is 4.69. The van der Waals surface area contributed by atoms with Crippen molar-refractivity contribution in [3.05, 3.63) is 0 Å². The molecular formula is C12H20N6O2S. The summed E-state index contributed by atoms with van der Waals surface area (Å²) in [7, 11) is 0. The lowest BCUT2D eigenvalue weighted by Gasteiger charge is -2.12. The standard InChI is InChI=1S/C12H20N6O2S/c1-7(2)6-13-11(20)14-10(19)8(3)21-12-15-16-17-18(12)9-4-5-9/h7-9H,4-6H2,1-3H3,(H2,13,14,19,20)/t8-/m1/s1. The Labute approximate surface area is 127 Å². The monoisotopic (exact) mass is 312 g/mol. The van der Waals surface area contributed by atoms with Gasteiger partial charge >= 0.3 is 6.03 Å². The van der Waals surface area contributed by atoms with Crippen LogP contribution in [0.3, 0.4) is 0 Å². The smallest absolute Gasteiger partial charge is 0.321 e. The van der Waals surface area contributed by atoms with Crippen LogP contribution < -0.4 is 10.6 Å². The Morgan fingerprint density at radius 2 is 2.10 bits per heavy atom. The van der Waals surface area contributed by atoms with Crippen LogP contribution in [0.1, 0.15) is 39.7 Å². The number of nitrogens with zero attached hydrogens (tertiary/aromatic N) is 4. The molecule has 0 saturated heterocycles. The molecule has 9 heteroatoms. The van der Waals surface area contributed by atoms with Crippen LogP contribution in [0.25, 0.3) is 0 Å². The highest BCUT2D eigenvalue weighted by atomic mass is 32.2. The number of hydrogen-bond acceptors (Lipinski definition) is 6. The minimum atomic E-state index is -0.470. The van der Waals surface area contributed by atoms with Gasteiger partial charge in [0.15, 0.2) is 0 Å². The summed E-state index contributed by atoms with van der Waals surface area (Å²) in [6, 6.07) is -0.116. The van der Waals surface area contributed by atoms with E-state index in [0.29, 0.717) is 23.7 Å². The molecule has 0 aromatic carbocycles. The molecule has 2 N–H and O–H groups in total. The largest absolute Gasteiger partial charge is 0.338 e. The van der Waals surface area contributed by atoms with Crippen molar-refractivity contribution in [3.8, 4) is 0 Å². The number of tetrazole rings is 1. The highest BCUT2D eigenvalue weighted by Gasteiger charge is 2.29. The van der Waals surface area contributed by atoms with E-state index < -0.39 is 11.3 Å². The summed E-state index contributed by atoms with van der Waals surface area (Å²) in [4.78, 5) is 23.5. The van der Waals surface area contributed by atoms with E-state index >= 15 is 0 Å². The number of imide groups is 1. The van der Waals surface area contributed by atoms with Gasteiger partial charge in [0.1, 0.15) is 0 Å². The van der Waals surface area contributed by atoms with E-state index in [1.807, 2.05) is 13.8 Å². The maximum Gasteiger partial charge on any atom is 0.321 e. The fraction of sp³-hybridized carbons (Fsp3) is 0.750. The summed E-state index contributed by atoms with van der Waals surface area (Å²) < 4.78 is 1.74. The first-order chi connectivity index (χ1) is 9.97. The third-order valence-corrected chi connectivity index (χ3v) is 3.96. The first kappa shape index (κ1) is 15.7. The van der Waals surface area contributed by atoms with Crippen LogP contribution in [-0.4, -0.2) is 43.9 Å². The van der Waals surface area contributed by atoms with E-state index in [-0.39, 0.29) is 5.91 Å². The number of nitrogens with one attached hydrogen (secondary N) is 2. The average Bonchev–Trinajstić information content (AvgIpc) is 3.17. The predicted molar refractivity (Wildman–Crippen MR) is 77.8 cm³/mol. The molecule has 1 aromatic heterocycles. The lowest BCUT2D eigenvalue weighted by atomic mass is 10.2. The lowest BCUT2D eigenvalue weighted by molar-refractivity contribution is -0.119. The summed E-state index contributed by atoms with van der Waals surface area (Å²) in [5.74, 6) is -0.0209. The Kier molecular flexibility index (Phi) is 5.16. The molecule has 1 atom stereocenters. The summed E-state index contributed by atoms with van der Waals surface area (Å²) in [6.07, 6.45) is 2.13. The van der Waals surface area contributed by atoms with Gasteiger partial charge in [-0.25, -0.2) is 9.48 Å². The van der Waals surface area contributed by atoms with Crippen molar-refractivity contribution in [1.82, 2.24) is 30.8 Å². The number of aromatic nitrogens is 4. The van der Waals surface area contributed by atoms with E-state index in [1.54, 1.807) is 11.6 Å². The summed E-state index contributed by atoms with van der Waals surface area (Å²) in [5, 5.41) is 16.6. The zero-order chi connectivity index (χ0) is 15.4. The van der Waals surface area contributed by atoms with E-state index in [4.69, 9.17) is 0 Å². The molecule has 1 aliphatic carbocycles. The zero-order valence-electron chi connectivity index (χ0n) is 12.4. The molecule has 3 amide bonds. The normalized spacial score (nSPS) is 15.8.